The van der Waals surface area contributed by atoms with Crippen molar-refractivity contribution in [2.75, 3.05) is 0 Å². The number of fused-ring (bicyclic) bond motifs is 2. The number of rotatable bonds is 2. The topological polar surface area (TPSA) is 92.0 Å². The van der Waals surface area contributed by atoms with E-state index in [2.05, 4.69) is 35.9 Å². The molecule has 176 valence electrons. The number of halogens is 2. The highest BCUT2D eigenvalue weighted by molar-refractivity contribution is 9.10. The lowest BCUT2D eigenvalue weighted by atomic mass is 10.1. The number of phenolic OH excluding ortho intramolecular Hbond substituents is 2. The Kier molecular flexibility index (Phi) is 6.75. The Morgan fingerprint density at radius 2 is 0.972 bits per heavy atom. The predicted molar refractivity (Wildman–Crippen MR) is 146 cm³/mol. The van der Waals surface area contributed by atoms with Crippen LogP contribution in [0.15, 0.2) is 102 Å². The maximum atomic E-state index is 9.83. The normalized spacial score (nSPS) is 10.7. The van der Waals surface area contributed by atoms with Crippen LogP contribution in [0.4, 0.5) is 0 Å². The van der Waals surface area contributed by atoms with Crippen LogP contribution in [-0.4, -0.2) is 30.1 Å². The van der Waals surface area contributed by atoms with Gasteiger partial charge in [0.15, 0.2) is 11.6 Å². The van der Waals surface area contributed by atoms with Gasteiger partial charge in [-0.15, -0.1) is 0 Å². The molecule has 36 heavy (non-hydrogen) atoms. The van der Waals surface area contributed by atoms with Crippen LogP contribution in [-0.2, 0) is 0 Å². The molecule has 0 spiro atoms. The summed E-state index contributed by atoms with van der Waals surface area (Å²) in [6.07, 6.45) is 0. The molecule has 0 unspecified atom stereocenters. The number of hydrogen-bond donors (Lipinski definition) is 2. The number of phenols is 2. The highest BCUT2D eigenvalue weighted by Gasteiger charge is 2.11. The molecule has 0 aliphatic rings. The first kappa shape index (κ1) is 23.7. The number of aromatic nitrogens is 4. The van der Waals surface area contributed by atoms with E-state index in [1.165, 1.54) is 0 Å². The molecular weight excluding hydrogens is 540 g/mol. The third kappa shape index (κ3) is 4.84. The summed E-state index contributed by atoms with van der Waals surface area (Å²) >= 11 is 9.57. The number of para-hydroxylation sites is 4. The van der Waals surface area contributed by atoms with Crippen LogP contribution >= 0.6 is 27.5 Å². The van der Waals surface area contributed by atoms with E-state index in [9.17, 15) is 10.2 Å². The van der Waals surface area contributed by atoms with Gasteiger partial charge in [-0.1, -0.05) is 66.2 Å². The molecule has 2 heterocycles. The number of benzene rings is 4. The van der Waals surface area contributed by atoms with Crippen LogP contribution in [0, 0.1) is 0 Å². The van der Waals surface area contributed by atoms with Crippen molar-refractivity contribution in [1.82, 2.24) is 19.9 Å². The minimum absolute atomic E-state index is 0.142. The Labute approximate surface area is 220 Å². The monoisotopic (exact) mass is 556 g/mol. The lowest BCUT2D eigenvalue weighted by molar-refractivity contribution is 0.476. The summed E-state index contributed by atoms with van der Waals surface area (Å²) in [7, 11) is 0. The fraction of sp³-hybridized carbons (Fsp3) is 0. The van der Waals surface area contributed by atoms with Crippen LogP contribution in [0.3, 0.4) is 0 Å². The molecule has 0 amide bonds. The Morgan fingerprint density at radius 3 is 1.56 bits per heavy atom. The summed E-state index contributed by atoms with van der Waals surface area (Å²) in [5.41, 5.74) is 2.81. The van der Waals surface area contributed by atoms with Gasteiger partial charge in [-0.05, 0) is 58.4 Å². The SMILES string of the molecule is Oc1ccccc1-c1nc(Br)c2ccccc2n1.Oc1ccccc1-c1nc(Cl)c2ccccc2n1. The summed E-state index contributed by atoms with van der Waals surface area (Å²) in [4.78, 5) is 17.5. The van der Waals surface area contributed by atoms with Crippen molar-refractivity contribution in [3.8, 4) is 34.3 Å². The molecule has 0 saturated heterocycles. The van der Waals surface area contributed by atoms with Gasteiger partial charge in [0.25, 0.3) is 0 Å². The van der Waals surface area contributed by atoms with Gasteiger partial charge in [-0.2, -0.15) is 0 Å². The molecule has 0 aliphatic carbocycles. The second-order valence-corrected chi connectivity index (χ2v) is 8.85. The zero-order chi connectivity index (χ0) is 25.1. The summed E-state index contributed by atoms with van der Waals surface area (Å²) in [6.45, 7) is 0. The molecule has 8 heteroatoms. The van der Waals surface area contributed by atoms with Gasteiger partial charge in [-0.3, -0.25) is 0 Å². The molecule has 0 atom stereocenters. The van der Waals surface area contributed by atoms with E-state index in [1.807, 2.05) is 60.7 Å². The Balaban J connectivity index is 0.000000148. The number of nitrogens with zero attached hydrogens (tertiary/aromatic N) is 4. The average molecular weight is 558 g/mol. The highest BCUT2D eigenvalue weighted by Crippen LogP contribution is 2.31. The maximum Gasteiger partial charge on any atom is 0.165 e. The minimum atomic E-state index is 0.142. The van der Waals surface area contributed by atoms with E-state index >= 15 is 0 Å². The van der Waals surface area contributed by atoms with E-state index in [-0.39, 0.29) is 11.5 Å². The average Bonchev–Trinajstić information content (AvgIpc) is 2.90. The second-order valence-electron chi connectivity index (χ2n) is 7.74. The van der Waals surface area contributed by atoms with E-state index in [0.717, 1.165) is 26.4 Å². The maximum absolute atomic E-state index is 9.83. The molecule has 0 radical (unpaired) electrons. The molecular formula is C28H18BrClN4O2. The van der Waals surface area contributed by atoms with Crippen molar-refractivity contribution in [2.24, 2.45) is 0 Å². The van der Waals surface area contributed by atoms with Crippen LogP contribution in [0.25, 0.3) is 44.6 Å². The van der Waals surface area contributed by atoms with E-state index < -0.39 is 0 Å². The minimum Gasteiger partial charge on any atom is -0.507 e. The van der Waals surface area contributed by atoms with Crippen molar-refractivity contribution in [3.05, 3.63) is 107 Å². The van der Waals surface area contributed by atoms with E-state index in [0.29, 0.717) is 27.9 Å². The largest absolute Gasteiger partial charge is 0.507 e. The van der Waals surface area contributed by atoms with Crippen LogP contribution in [0.1, 0.15) is 0 Å². The smallest absolute Gasteiger partial charge is 0.165 e. The van der Waals surface area contributed by atoms with E-state index in [1.54, 1.807) is 36.4 Å². The van der Waals surface area contributed by atoms with E-state index in [4.69, 9.17) is 11.6 Å². The van der Waals surface area contributed by atoms with Gasteiger partial charge in [-0.25, -0.2) is 19.9 Å². The molecule has 0 aliphatic heterocycles. The Bertz CT molecular complexity index is 1580. The van der Waals surface area contributed by atoms with Crippen molar-refractivity contribution < 1.29 is 10.2 Å². The highest BCUT2D eigenvalue weighted by atomic mass is 79.9. The summed E-state index contributed by atoms with van der Waals surface area (Å²) in [5, 5.41) is 21.8. The van der Waals surface area contributed by atoms with Gasteiger partial charge in [0.05, 0.1) is 22.2 Å². The molecule has 0 bridgehead atoms. The quantitative estimate of drug-likeness (QED) is 0.215. The van der Waals surface area contributed by atoms with Crippen molar-refractivity contribution in [3.63, 3.8) is 0 Å². The zero-order valence-corrected chi connectivity index (χ0v) is 21.0. The first-order valence-corrected chi connectivity index (χ1v) is 12.1. The Hall–Kier alpha value is -4.07. The summed E-state index contributed by atoms with van der Waals surface area (Å²) in [5.74, 6) is 1.26. The lowest BCUT2D eigenvalue weighted by Crippen LogP contribution is -1.92. The van der Waals surface area contributed by atoms with Crippen molar-refractivity contribution in [1.29, 1.82) is 0 Å². The first-order chi connectivity index (χ1) is 17.5. The lowest BCUT2D eigenvalue weighted by Gasteiger charge is -2.06. The summed E-state index contributed by atoms with van der Waals surface area (Å²) < 4.78 is 0.728. The van der Waals surface area contributed by atoms with Crippen LogP contribution in [0.5, 0.6) is 11.5 Å². The zero-order valence-electron chi connectivity index (χ0n) is 18.7. The van der Waals surface area contributed by atoms with Gasteiger partial charge in [0.1, 0.15) is 21.3 Å². The third-order valence-electron chi connectivity index (χ3n) is 5.40. The molecule has 2 N–H and O–H groups in total. The predicted octanol–water partition coefficient (Wildman–Crippen LogP) is 7.42. The molecule has 0 fully saturated rings. The fourth-order valence-corrected chi connectivity index (χ4v) is 4.39. The molecule has 2 aromatic heterocycles. The van der Waals surface area contributed by atoms with Crippen LogP contribution < -0.4 is 0 Å². The first-order valence-electron chi connectivity index (χ1n) is 10.9. The second kappa shape index (κ2) is 10.3. The molecule has 4 aromatic carbocycles. The fourth-order valence-electron chi connectivity index (χ4n) is 3.64. The Morgan fingerprint density at radius 1 is 0.528 bits per heavy atom. The number of hydrogen-bond acceptors (Lipinski definition) is 6. The standard InChI is InChI=1S/C14H9BrN2O.C14H9ClN2O/c2*15-13-9-5-1-3-7-11(9)16-14(17-13)10-6-2-4-8-12(10)18/h2*1-8,18H. The number of aromatic hydroxyl groups is 2. The van der Waals surface area contributed by atoms with Gasteiger partial charge >= 0.3 is 0 Å². The van der Waals surface area contributed by atoms with Crippen molar-refractivity contribution in [2.45, 2.75) is 0 Å². The van der Waals surface area contributed by atoms with Crippen LogP contribution in [0.2, 0.25) is 5.15 Å². The van der Waals surface area contributed by atoms with Crippen molar-refractivity contribution >= 4 is 49.3 Å². The molecule has 0 saturated carbocycles. The molecule has 6 aromatic rings. The van der Waals surface area contributed by atoms with Gasteiger partial charge in [0, 0.05) is 10.8 Å². The van der Waals surface area contributed by atoms with Gasteiger partial charge in [0.2, 0.25) is 0 Å². The molecule has 6 nitrogen and oxygen atoms in total. The van der Waals surface area contributed by atoms with Gasteiger partial charge < -0.3 is 10.2 Å². The molecule has 6 rings (SSSR count). The third-order valence-corrected chi connectivity index (χ3v) is 6.30. The summed E-state index contributed by atoms with van der Waals surface area (Å²) in [6, 6.07) is 29.2.